The van der Waals surface area contributed by atoms with Crippen LogP contribution in [-0.2, 0) is 16.1 Å². The summed E-state index contributed by atoms with van der Waals surface area (Å²) in [4.78, 5) is 34.8. The number of carbonyl (C=O) groups is 3. The molecule has 20 heavy (non-hydrogen) atoms. The molecule has 0 fully saturated rings. The molecular weight excluding hydrogens is 262 g/mol. The van der Waals surface area contributed by atoms with Gasteiger partial charge in [-0.1, -0.05) is 12.1 Å². The number of hydrogen-bond donors (Lipinski definition) is 2. The zero-order chi connectivity index (χ0) is 15.1. The molecular formula is C13H17N3O4. The van der Waals surface area contributed by atoms with Gasteiger partial charge in [0.05, 0.1) is 13.7 Å². The van der Waals surface area contributed by atoms with Gasteiger partial charge in [0.25, 0.3) is 5.91 Å². The number of amides is 3. The average molecular weight is 279 g/mol. The third kappa shape index (κ3) is 4.60. The summed E-state index contributed by atoms with van der Waals surface area (Å²) in [5.74, 6) is -0.865. The maximum Gasteiger partial charge on any atom is 0.407 e. The van der Waals surface area contributed by atoms with Crippen LogP contribution in [0.1, 0.15) is 15.9 Å². The molecule has 0 unspecified atom stereocenters. The lowest BCUT2D eigenvalue weighted by Gasteiger charge is -2.15. The van der Waals surface area contributed by atoms with Crippen LogP contribution in [0.25, 0.3) is 0 Å². The van der Waals surface area contributed by atoms with Gasteiger partial charge in [-0.25, -0.2) is 4.79 Å². The first-order valence-corrected chi connectivity index (χ1v) is 5.88. The van der Waals surface area contributed by atoms with E-state index in [4.69, 9.17) is 5.73 Å². The number of hydrogen-bond acceptors (Lipinski definition) is 4. The van der Waals surface area contributed by atoms with Crippen molar-refractivity contribution in [1.82, 2.24) is 10.2 Å². The first-order valence-electron chi connectivity index (χ1n) is 5.88. The number of likely N-dealkylation sites (N-methyl/N-ethyl adjacent to an activating group) is 1. The van der Waals surface area contributed by atoms with Crippen LogP contribution in [0.3, 0.4) is 0 Å². The van der Waals surface area contributed by atoms with Crippen molar-refractivity contribution in [3.63, 3.8) is 0 Å². The van der Waals surface area contributed by atoms with Crippen LogP contribution >= 0.6 is 0 Å². The Kier molecular flexibility index (Phi) is 5.52. The molecule has 3 amide bonds. The molecule has 7 heteroatoms. The fourth-order valence-electron chi connectivity index (χ4n) is 1.54. The van der Waals surface area contributed by atoms with E-state index in [1.807, 2.05) is 0 Å². The number of nitrogens with zero attached hydrogens (tertiary/aromatic N) is 1. The Morgan fingerprint density at radius 2 is 1.85 bits per heavy atom. The van der Waals surface area contributed by atoms with E-state index in [0.717, 1.165) is 5.56 Å². The molecule has 0 aliphatic heterocycles. The van der Waals surface area contributed by atoms with E-state index in [1.54, 1.807) is 24.3 Å². The van der Waals surface area contributed by atoms with Crippen LogP contribution in [0.4, 0.5) is 4.79 Å². The number of nitrogens with one attached hydrogen (secondary N) is 1. The Labute approximate surface area is 116 Å². The first kappa shape index (κ1) is 15.5. The third-order valence-electron chi connectivity index (χ3n) is 2.56. The zero-order valence-electron chi connectivity index (χ0n) is 11.4. The Morgan fingerprint density at radius 3 is 2.35 bits per heavy atom. The molecule has 0 aromatic heterocycles. The molecule has 7 nitrogen and oxygen atoms in total. The second-order valence-electron chi connectivity index (χ2n) is 4.17. The van der Waals surface area contributed by atoms with Crippen molar-refractivity contribution in [2.75, 3.05) is 20.7 Å². The smallest absolute Gasteiger partial charge is 0.407 e. The van der Waals surface area contributed by atoms with Gasteiger partial charge in [-0.3, -0.25) is 9.59 Å². The monoisotopic (exact) mass is 279 g/mol. The number of nitrogens with two attached hydrogens (primary N) is 1. The standard InChI is InChI=1S/C13H17N3O4/c1-16(8-11(14)17)12(18)10-5-3-9(4-6-10)7-15-13(19)20-2/h3-6H,7-8H2,1-2H3,(H2,14,17)(H,15,19). The minimum absolute atomic E-state index is 0.134. The number of ether oxygens (including phenoxy) is 1. The van der Waals surface area contributed by atoms with Crippen molar-refractivity contribution in [3.8, 4) is 0 Å². The molecule has 3 N–H and O–H groups in total. The van der Waals surface area contributed by atoms with Crippen molar-refractivity contribution in [3.05, 3.63) is 35.4 Å². The number of benzene rings is 1. The van der Waals surface area contributed by atoms with E-state index < -0.39 is 12.0 Å². The summed E-state index contributed by atoms with van der Waals surface area (Å²) in [6.45, 7) is 0.169. The summed E-state index contributed by atoms with van der Waals surface area (Å²) in [5.41, 5.74) is 6.29. The maximum absolute atomic E-state index is 11.9. The van der Waals surface area contributed by atoms with Crippen LogP contribution in [0, 0.1) is 0 Å². The highest BCUT2D eigenvalue weighted by Crippen LogP contribution is 2.07. The normalized spacial score (nSPS) is 9.70. The predicted molar refractivity (Wildman–Crippen MR) is 71.8 cm³/mol. The topological polar surface area (TPSA) is 102 Å². The number of rotatable bonds is 5. The van der Waals surface area contributed by atoms with E-state index in [0.29, 0.717) is 12.1 Å². The molecule has 0 saturated carbocycles. The maximum atomic E-state index is 11.9. The van der Waals surface area contributed by atoms with Crippen molar-refractivity contribution < 1.29 is 19.1 Å². The molecule has 1 aromatic carbocycles. The molecule has 1 aromatic rings. The van der Waals surface area contributed by atoms with Gasteiger partial charge in [0, 0.05) is 19.2 Å². The van der Waals surface area contributed by atoms with Gasteiger partial charge in [-0.2, -0.15) is 0 Å². The van der Waals surface area contributed by atoms with Crippen LogP contribution in [0.5, 0.6) is 0 Å². The summed E-state index contributed by atoms with van der Waals surface area (Å²) in [7, 11) is 2.78. The number of primary amides is 1. The summed E-state index contributed by atoms with van der Waals surface area (Å²) in [5, 5.41) is 2.53. The SMILES string of the molecule is COC(=O)NCc1ccc(C(=O)N(C)CC(N)=O)cc1. The number of methoxy groups -OCH3 is 1. The Balaban J connectivity index is 2.63. The number of alkyl carbamates (subject to hydrolysis) is 1. The summed E-state index contributed by atoms with van der Waals surface area (Å²) >= 11 is 0. The molecule has 0 radical (unpaired) electrons. The van der Waals surface area contributed by atoms with Gasteiger partial charge in [0.1, 0.15) is 0 Å². The second kappa shape index (κ2) is 7.13. The van der Waals surface area contributed by atoms with Gasteiger partial charge in [-0.15, -0.1) is 0 Å². The Morgan fingerprint density at radius 1 is 1.25 bits per heavy atom. The van der Waals surface area contributed by atoms with E-state index in [9.17, 15) is 14.4 Å². The number of carbonyl (C=O) groups excluding carboxylic acids is 3. The minimum Gasteiger partial charge on any atom is -0.453 e. The molecule has 0 heterocycles. The van der Waals surface area contributed by atoms with Crippen molar-refractivity contribution >= 4 is 17.9 Å². The van der Waals surface area contributed by atoms with E-state index in [2.05, 4.69) is 10.1 Å². The summed E-state index contributed by atoms with van der Waals surface area (Å²) in [6.07, 6.45) is -0.522. The summed E-state index contributed by atoms with van der Waals surface area (Å²) < 4.78 is 4.45. The Bertz CT molecular complexity index is 499. The fraction of sp³-hybridized carbons (Fsp3) is 0.308. The van der Waals surface area contributed by atoms with Gasteiger partial charge >= 0.3 is 6.09 Å². The fourth-order valence-corrected chi connectivity index (χ4v) is 1.54. The minimum atomic E-state index is -0.570. The van der Waals surface area contributed by atoms with E-state index >= 15 is 0 Å². The highest BCUT2D eigenvalue weighted by atomic mass is 16.5. The lowest BCUT2D eigenvalue weighted by molar-refractivity contribution is -0.118. The lowest BCUT2D eigenvalue weighted by Crippen LogP contribution is -2.35. The van der Waals surface area contributed by atoms with Crippen LogP contribution in [0.2, 0.25) is 0 Å². The molecule has 0 aliphatic rings. The van der Waals surface area contributed by atoms with Crippen LogP contribution in [-0.4, -0.2) is 43.5 Å². The largest absolute Gasteiger partial charge is 0.453 e. The van der Waals surface area contributed by atoms with E-state index in [1.165, 1.54) is 19.1 Å². The molecule has 0 saturated heterocycles. The molecule has 0 bridgehead atoms. The van der Waals surface area contributed by atoms with Gasteiger partial charge < -0.3 is 20.7 Å². The van der Waals surface area contributed by atoms with Gasteiger partial charge in [0.15, 0.2) is 0 Å². The molecule has 108 valence electrons. The molecule has 0 spiro atoms. The highest BCUT2D eigenvalue weighted by molar-refractivity contribution is 5.96. The highest BCUT2D eigenvalue weighted by Gasteiger charge is 2.13. The van der Waals surface area contributed by atoms with Crippen molar-refractivity contribution in [1.29, 1.82) is 0 Å². The average Bonchev–Trinajstić information content (AvgIpc) is 2.43. The van der Waals surface area contributed by atoms with Gasteiger partial charge in [-0.05, 0) is 17.7 Å². The quantitative estimate of drug-likeness (QED) is 0.798. The Hall–Kier alpha value is -2.57. The second-order valence-corrected chi connectivity index (χ2v) is 4.17. The lowest BCUT2D eigenvalue weighted by atomic mass is 10.1. The molecule has 0 atom stereocenters. The van der Waals surface area contributed by atoms with E-state index in [-0.39, 0.29) is 12.5 Å². The van der Waals surface area contributed by atoms with Crippen LogP contribution < -0.4 is 11.1 Å². The summed E-state index contributed by atoms with van der Waals surface area (Å²) in [6, 6.07) is 6.66. The van der Waals surface area contributed by atoms with Crippen LogP contribution in [0.15, 0.2) is 24.3 Å². The zero-order valence-corrected chi connectivity index (χ0v) is 11.4. The van der Waals surface area contributed by atoms with Crippen molar-refractivity contribution in [2.45, 2.75) is 6.54 Å². The van der Waals surface area contributed by atoms with Gasteiger partial charge in [0.2, 0.25) is 5.91 Å². The molecule has 1 rings (SSSR count). The third-order valence-corrected chi connectivity index (χ3v) is 2.56. The predicted octanol–water partition coefficient (Wildman–Crippen LogP) is 0.0999. The van der Waals surface area contributed by atoms with Crippen molar-refractivity contribution in [2.24, 2.45) is 5.73 Å². The first-order chi connectivity index (χ1) is 9.43. The molecule has 0 aliphatic carbocycles.